The number of hydrogen-bond donors (Lipinski definition) is 1. The summed E-state index contributed by atoms with van der Waals surface area (Å²) in [5.41, 5.74) is 5.13. The van der Waals surface area contributed by atoms with Gasteiger partial charge in [-0.25, -0.2) is 5.06 Å². The monoisotopic (exact) mass is 273 g/mol. The molecule has 0 fully saturated rings. The van der Waals surface area contributed by atoms with Gasteiger partial charge >= 0.3 is 0 Å². The van der Waals surface area contributed by atoms with Crippen LogP contribution in [0.5, 0.6) is 0 Å². The molecule has 3 heteroatoms. The summed E-state index contributed by atoms with van der Waals surface area (Å²) in [6.07, 6.45) is 0.830. The fourth-order valence-electron chi connectivity index (χ4n) is 2.62. The van der Waals surface area contributed by atoms with Crippen molar-refractivity contribution in [3.05, 3.63) is 58.4 Å². The van der Waals surface area contributed by atoms with Gasteiger partial charge in [0.1, 0.15) is 6.10 Å². The van der Waals surface area contributed by atoms with Gasteiger partial charge in [-0.15, -0.1) is 0 Å². The molecule has 0 bridgehead atoms. The van der Waals surface area contributed by atoms with Crippen LogP contribution in [-0.2, 0) is 11.3 Å². The Hall–Kier alpha value is -1.58. The summed E-state index contributed by atoms with van der Waals surface area (Å²) in [4.78, 5) is 0. The van der Waals surface area contributed by atoms with Crippen molar-refractivity contribution in [1.82, 2.24) is 5.06 Å². The maximum absolute atomic E-state index is 10.1. The van der Waals surface area contributed by atoms with Gasteiger partial charge in [-0.3, -0.25) is 5.21 Å². The van der Waals surface area contributed by atoms with E-state index in [9.17, 15) is 5.21 Å². The van der Waals surface area contributed by atoms with Gasteiger partial charge in [0.2, 0.25) is 0 Å². The predicted octanol–water partition coefficient (Wildman–Crippen LogP) is 4.25. The van der Waals surface area contributed by atoms with Crippen LogP contribution < -0.4 is 0 Å². The molecule has 2 rings (SSSR count). The second-order valence-electron chi connectivity index (χ2n) is 5.22. The Labute approximate surface area is 121 Å². The number of hydrogen-bond acceptors (Lipinski definition) is 3. The Morgan fingerprint density at radius 2 is 1.75 bits per heavy atom. The molecular weight excluding hydrogens is 250 g/mol. The Kier molecular flexibility index (Phi) is 4.63. The maximum atomic E-state index is 10.1. The second kappa shape index (κ2) is 6.25. The molecule has 1 aromatic rings. The second-order valence-corrected chi connectivity index (χ2v) is 5.22. The number of nitrogens with zero attached hydrogens (tertiary/aromatic N) is 1. The highest BCUT2D eigenvalue weighted by Gasteiger charge is 2.28. The van der Waals surface area contributed by atoms with E-state index < -0.39 is 0 Å². The van der Waals surface area contributed by atoms with Crippen molar-refractivity contribution in [1.29, 1.82) is 0 Å². The van der Waals surface area contributed by atoms with E-state index in [1.54, 1.807) is 0 Å². The summed E-state index contributed by atoms with van der Waals surface area (Å²) in [6, 6.07) is 10.2. The molecule has 108 valence electrons. The summed E-state index contributed by atoms with van der Waals surface area (Å²) in [5.74, 6) is 0. The van der Waals surface area contributed by atoms with Crippen molar-refractivity contribution in [2.75, 3.05) is 0 Å². The van der Waals surface area contributed by atoms with Crippen LogP contribution in [-0.4, -0.2) is 16.4 Å². The smallest absolute Gasteiger partial charge is 0.104 e. The lowest BCUT2D eigenvalue weighted by Crippen LogP contribution is -2.31. The van der Waals surface area contributed by atoms with Crippen LogP contribution in [0.25, 0.3) is 0 Å². The molecule has 1 unspecified atom stereocenters. The lowest BCUT2D eigenvalue weighted by molar-refractivity contribution is -0.0335. The molecule has 0 saturated heterocycles. The summed E-state index contributed by atoms with van der Waals surface area (Å²) in [6.45, 7) is 8.56. The zero-order valence-corrected chi connectivity index (χ0v) is 12.7. The van der Waals surface area contributed by atoms with Gasteiger partial charge in [0.15, 0.2) is 0 Å². The first-order chi connectivity index (χ1) is 9.56. The first kappa shape index (κ1) is 14.8. The average molecular weight is 273 g/mol. The molecule has 0 amide bonds. The molecule has 1 heterocycles. The molecule has 1 atom stereocenters. The van der Waals surface area contributed by atoms with Crippen LogP contribution in [0.15, 0.2) is 52.9 Å². The predicted molar refractivity (Wildman–Crippen MR) is 80.0 cm³/mol. The van der Waals surface area contributed by atoms with E-state index in [0.717, 1.165) is 34.5 Å². The minimum Gasteiger partial charge on any atom is -0.365 e. The van der Waals surface area contributed by atoms with Crippen molar-refractivity contribution >= 4 is 0 Å². The van der Waals surface area contributed by atoms with E-state index >= 15 is 0 Å². The molecule has 1 aliphatic rings. The molecule has 1 aliphatic heterocycles. The Morgan fingerprint density at radius 3 is 2.35 bits per heavy atom. The van der Waals surface area contributed by atoms with E-state index in [-0.39, 0.29) is 6.10 Å². The molecule has 1 aromatic carbocycles. The fourth-order valence-corrected chi connectivity index (χ4v) is 2.62. The van der Waals surface area contributed by atoms with Crippen molar-refractivity contribution in [3.63, 3.8) is 0 Å². The van der Waals surface area contributed by atoms with Crippen LogP contribution in [0.1, 0.15) is 39.7 Å². The Balaban J connectivity index is 2.20. The van der Waals surface area contributed by atoms with E-state index in [2.05, 4.69) is 19.1 Å². The van der Waals surface area contributed by atoms with Crippen LogP contribution in [0.2, 0.25) is 0 Å². The van der Waals surface area contributed by atoms with Crippen molar-refractivity contribution in [2.45, 2.75) is 46.8 Å². The number of allylic oxidation sites excluding steroid dienone is 2. The highest BCUT2D eigenvalue weighted by Crippen LogP contribution is 2.33. The minimum absolute atomic E-state index is 0.0383. The van der Waals surface area contributed by atoms with Crippen molar-refractivity contribution in [2.24, 2.45) is 0 Å². The van der Waals surface area contributed by atoms with Gasteiger partial charge in [-0.05, 0) is 43.9 Å². The number of hydroxylamine groups is 2. The van der Waals surface area contributed by atoms with Crippen LogP contribution in [0.3, 0.4) is 0 Å². The van der Waals surface area contributed by atoms with Gasteiger partial charge in [0, 0.05) is 11.4 Å². The van der Waals surface area contributed by atoms with Gasteiger partial charge in [0.25, 0.3) is 0 Å². The normalized spacial score (nSPS) is 19.9. The molecular formula is C17H23NO2. The number of ether oxygens (including phenoxy) is 1. The van der Waals surface area contributed by atoms with Gasteiger partial charge in [0.05, 0.1) is 6.61 Å². The molecule has 3 nitrogen and oxygen atoms in total. The zero-order chi connectivity index (χ0) is 14.7. The molecule has 0 aliphatic carbocycles. The highest BCUT2D eigenvalue weighted by molar-refractivity contribution is 5.34. The topological polar surface area (TPSA) is 32.7 Å². The standard InChI is InChI=1S/C17H23NO2/c1-5-16-14(4)18(19)13(3)12(2)17(16)20-11-15-9-7-6-8-10-15/h6-10,17,19H,5,11H2,1-4H3. The summed E-state index contributed by atoms with van der Waals surface area (Å²) in [5, 5.41) is 11.4. The van der Waals surface area contributed by atoms with Gasteiger partial charge < -0.3 is 4.74 Å². The SMILES string of the molecule is CCC1=C(C)N(O)C(C)=C(C)C1OCc1ccccc1. The van der Waals surface area contributed by atoms with Gasteiger partial charge in [-0.2, -0.15) is 0 Å². The molecule has 1 N–H and O–H groups in total. The van der Waals surface area contributed by atoms with E-state index in [1.165, 1.54) is 5.06 Å². The molecule has 0 aromatic heterocycles. The van der Waals surface area contributed by atoms with Crippen LogP contribution in [0.4, 0.5) is 0 Å². The quantitative estimate of drug-likeness (QED) is 0.890. The lowest BCUT2D eigenvalue weighted by Gasteiger charge is -2.34. The molecule has 20 heavy (non-hydrogen) atoms. The third-order valence-corrected chi connectivity index (χ3v) is 4.02. The van der Waals surface area contributed by atoms with Crippen molar-refractivity contribution in [3.8, 4) is 0 Å². The van der Waals surface area contributed by atoms with Crippen LogP contribution >= 0.6 is 0 Å². The summed E-state index contributed by atoms with van der Waals surface area (Å²) >= 11 is 0. The molecule has 0 radical (unpaired) electrons. The van der Waals surface area contributed by atoms with Crippen molar-refractivity contribution < 1.29 is 9.94 Å². The molecule has 0 spiro atoms. The zero-order valence-electron chi connectivity index (χ0n) is 12.7. The number of rotatable bonds is 4. The largest absolute Gasteiger partial charge is 0.365 e. The minimum atomic E-state index is -0.0383. The summed E-state index contributed by atoms with van der Waals surface area (Å²) < 4.78 is 6.12. The van der Waals surface area contributed by atoms with E-state index in [4.69, 9.17) is 4.74 Å². The third-order valence-electron chi connectivity index (χ3n) is 4.02. The lowest BCUT2D eigenvalue weighted by atomic mass is 9.93. The highest BCUT2D eigenvalue weighted by atomic mass is 16.5. The first-order valence-corrected chi connectivity index (χ1v) is 7.07. The molecule has 0 saturated carbocycles. The fraction of sp³-hybridized carbons (Fsp3) is 0.412. The van der Waals surface area contributed by atoms with Gasteiger partial charge in [-0.1, -0.05) is 37.3 Å². The maximum Gasteiger partial charge on any atom is 0.104 e. The number of benzene rings is 1. The van der Waals surface area contributed by atoms with Crippen LogP contribution in [0, 0.1) is 0 Å². The average Bonchev–Trinajstić information content (AvgIpc) is 2.48. The Bertz CT molecular complexity index is 531. The Morgan fingerprint density at radius 1 is 1.10 bits per heavy atom. The van der Waals surface area contributed by atoms with E-state index in [1.807, 2.05) is 39.0 Å². The van der Waals surface area contributed by atoms with E-state index in [0.29, 0.717) is 6.61 Å². The first-order valence-electron chi connectivity index (χ1n) is 7.07. The third kappa shape index (κ3) is 2.79. The summed E-state index contributed by atoms with van der Waals surface area (Å²) in [7, 11) is 0.